The number of benzene rings is 1. The summed E-state index contributed by atoms with van der Waals surface area (Å²) in [5.41, 5.74) is 1.96. The molecule has 0 aliphatic carbocycles. The van der Waals surface area contributed by atoms with E-state index in [4.69, 9.17) is 11.6 Å². The molecule has 0 bridgehead atoms. The highest BCUT2D eigenvalue weighted by Gasteiger charge is 2.11. The fourth-order valence-electron chi connectivity index (χ4n) is 1.80. The number of amides is 1. The quantitative estimate of drug-likeness (QED) is 0.777. The van der Waals surface area contributed by atoms with Gasteiger partial charge in [0, 0.05) is 17.5 Å². The van der Waals surface area contributed by atoms with Gasteiger partial charge in [0.1, 0.15) is 0 Å². The van der Waals surface area contributed by atoms with E-state index in [2.05, 4.69) is 26.1 Å². The molecular formula is C15H22ClNO. The second-order valence-electron chi connectivity index (χ2n) is 4.83. The van der Waals surface area contributed by atoms with Gasteiger partial charge in [0.15, 0.2) is 0 Å². The van der Waals surface area contributed by atoms with Crippen molar-refractivity contribution >= 4 is 17.5 Å². The molecule has 0 heterocycles. The lowest BCUT2D eigenvalue weighted by Gasteiger charge is -2.16. The van der Waals surface area contributed by atoms with Crippen LogP contribution in [0, 0.1) is 0 Å². The lowest BCUT2D eigenvalue weighted by molar-refractivity contribution is 0.0935. The summed E-state index contributed by atoms with van der Waals surface area (Å²) in [6.07, 6.45) is 1.72. The van der Waals surface area contributed by atoms with E-state index in [1.54, 1.807) is 0 Å². The number of carbonyl (C=O) groups excluding carboxylic acids is 1. The molecule has 0 aromatic heterocycles. The van der Waals surface area contributed by atoms with Gasteiger partial charge in [-0.1, -0.05) is 32.9 Å². The highest BCUT2D eigenvalue weighted by molar-refractivity contribution is 6.17. The van der Waals surface area contributed by atoms with E-state index in [1.807, 2.05) is 24.3 Å². The topological polar surface area (TPSA) is 29.1 Å². The molecule has 0 fully saturated rings. The monoisotopic (exact) mass is 267 g/mol. The smallest absolute Gasteiger partial charge is 0.251 e. The van der Waals surface area contributed by atoms with Gasteiger partial charge in [-0.05, 0) is 36.5 Å². The van der Waals surface area contributed by atoms with Crippen LogP contribution >= 0.6 is 11.6 Å². The number of alkyl halides is 1. The summed E-state index contributed by atoms with van der Waals surface area (Å²) in [4.78, 5) is 12.0. The second kappa shape index (κ2) is 7.42. The summed E-state index contributed by atoms with van der Waals surface area (Å²) in [5, 5.41) is 3.01. The van der Waals surface area contributed by atoms with Gasteiger partial charge in [-0.3, -0.25) is 4.79 Å². The number of rotatable bonds is 6. The zero-order valence-electron chi connectivity index (χ0n) is 11.4. The van der Waals surface area contributed by atoms with Crippen LogP contribution in [0.3, 0.4) is 0 Å². The maximum Gasteiger partial charge on any atom is 0.251 e. The highest BCUT2D eigenvalue weighted by Crippen LogP contribution is 2.14. The first-order chi connectivity index (χ1) is 8.58. The molecule has 3 heteroatoms. The Labute approximate surface area is 115 Å². The van der Waals surface area contributed by atoms with Crippen LogP contribution in [0.15, 0.2) is 24.3 Å². The number of nitrogens with one attached hydrogen (secondary N) is 1. The molecule has 1 rings (SSSR count). The van der Waals surface area contributed by atoms with Crippen LogP contribution in [0.4, 0.5) is 0 Å². The van der Waals surface area contributed by atoms with Crippen LogP contribution in [0.5, 0.6) is 0 Å². The summed E-state index contributed by atoms with van der Waals surface area (Å²) in [7, 11) is 0. The Hall–Kier alpha value is -1.02. The third-order valence-corrected chi connectivity index (χ3v) is 3.34. The van der Waals surface area contributed by atoms with Crippen molar-refractivity contribution < 1.29 is 4.79 Å². The lowest BCUT2D eigenvalue weighted by atomic mass is 10.0. The zero-order valence-corrected chi connectivity index (χ0v) is 12.1. The molecule has 1 aromatic carbocycles. The molecule has 0 saturated carbocycles. The summed E-state index contributed by atoms with van der Waals surface area (Å²) in [6.45, 7) is 6.34. The van der Waals surface area contributed by atoms with E-state index >= 15 is 0 Å². The van der Waals surface area contributed by atoms with Gasteiger partial charge < -0.3 is 5.32 Å². The Morgan fingerprint density at radius 1 is 1.28 bits per heavy atom. The van der Waals surface area contributed by atoms with Gasteiger partial charge in [0.05, 0.1) is 0 Å². The molecular weight excluding hydrogens is 246 g/mol. The SMILES string of the molecule is CCC(CCCl)NC(=O)c1ccc(C(C)C)cc1. The second-order valence-corrected chi connectivity index (χ2v) is 5.21. The summed E-state index contributed by atoms with van der Waals surface area (Å²) in [6, 6.07) is 7.97. The molecule has 1 unspecified atom stereocenters. The van der Waals surface area contributed by atoms with E-state index in [0.717, 1.165) is 12.8 Å². The first-order valence-electron chi connectivity index (χ1n) is 6.55. The molecule has 18 heavy (non-hydrogen) atoms. The molecule has 100 valence electrons. The maximum atomic E-state index is 12.0. The van der Waals surface area contributed by atoms with Crippen LogP contribution < -0.4 is 5.32 Å². The minimum atomic E-state index is -0.0118. The number of halogens is 1. The number of carbonyl (C=O) groups is 1. The van der Waals surface area contributed by atoms with Crippen LogP contribution in [-0.4, -0.2) is 17.8 Å². The predicted molar refractivity (Wildman–Crippen MR) is 77.4 cm³/mol. The molecule has 1 aromatic rings. The summed E-state index contributed by atoms with van der Waals surface area (Å²) < 4.78 is 0. The minimum absolute atomic E-state index is 0.0118. The van der Waals surface area contributed by atoms with Crippen LogP contribution in [0.1, 0.15) is 55.5 Å². The normalized spacial score (nSPS) is 12.5. The van der Waals surface area contributed by atoms with Crippen LogP contribution in [-0.2, 0) is 0 Å². The third kappa shape index (κ3) is 4.34. The molecule has 1 amide bonds. The van der Waals surface area contributed by atoms with Gasteiger partial charge in [-0.25, -0.2) is 0 Å². The van der Waals surface area contributed by atoms with Gasteiger partial charge in [-0.15, -0.1) is 11.6 Å². The van der Waals surface area contributed by atoms with Crippen LogP contribution in [0.25, 0.3) is 0 Å². The van der Waals surface area contributed by atoms with E-state index in [0.29, 0.717) is 17.4 Å². The molecule has 0 saturated heterocycles. The zero-order chi connectivity index (χ0) is 13.5. The Morgan fingerprint density at radius 3 is 2.33 bits per heavy atom. The first kappa shape index (κ1) is 15.0. The average molecular weight is 268 g/mol. The fraction of sp³-hybridized carbons (Fsp3) is 0.533. The standard InChI is InChI=1S/C15H22ClNO/c1-4-14(9-10-16)17-15(18)13-7-5-12(6-8-13)11(2)3/h5-8,11,14H,4,9-10H2,1-3H3,(H,17,18). The van der Waals surface area contributed by atoms with Crippen molar-refractivity contribution in [1.82, 2.24) is 5.32 Å². The lowest BCUT2D eigenvalue weighted by Crippen LogP contribution is -2.34. The molecule has 2 nitrogen and oxygen atoms in total. The van der Waals surface area contributed by atoms with E-state index < -0.39 is 0 Å². The van der Waals surface area contributed by atoms with Crippen molar-refractivity contribution in [2.45, 2.75) is 45.6 Å². The molecule has 0 radical (unpaired) electrons. The number of hydrogen-bond acceptors (Lipinski definition) is 1. The van der Waals surface area contributed by atoms with Gasteiger partial charge in [-0.2, -0.15) is 0 Å². The van der Waals surface area contributed by atoms with E-state index in [9.17, 15) is 4.79 Å². The third-order valence-electron chi connectivity index (χ3n) is 3.13. The van der Waals surface area contributed by atoms with E-state index in [1.165, 1.54) is 5.56 Å². The average Bonchev–Trinajstić information content (AvgIpc) is 2.38. The van der Waals surface area contributed by atoms with Crippen molar-refractivity contribution in [3.05, 3.63) is 35.4 Å². The molecule has 1 N–H and O–H groups in total. The first-order valence-corrected chi connectivity index (χ1v) is 7.08. The molecule has 1 atom stereocenters. The fourth-order valence-corrected chi connectivity index (χ4v) is 2.06. The summed E-state index contributed by atoms with van der Waals surface area (Å²) in [5.74, 6) is 1.05. The van der Waals surface area contributed by atoms with Crippen molar-refractivity contribution in [3.63, 3.8) is 0 Å². The van der Waals surface area contributed by atoms with Crippen molar-refractivity contribution in [2.75, 3.05) is 5.88 Å². The molecule has 0 aliphatic heterocycles. The Morgan fingerprint density at radius 2 is 1.89 bits per heavy atom. The molecule has 0 aliphatic rings. The van der Waals surface area contributed by atoms with Crippen molar-refractivity contribution in [2.24, 2.45) is 0 Å². The van der Waals surface area contributed by atoms with Gasteiger partial charge >= 0.3 is 0 Å². The van der Waals surface area contributed by atoms with Gasteiger partial charge in [0.2, 0.25) is 0 Å². The minimum Gasteiger partial charge on any atom is -0.349 e. The van der Waals surface area contributed by atoms with Gasteiger partial charge in [0.25, 0.3) is 5.91 Å². The Balaban J connectivity index is 2.66. The Bertz CT molecular complexity index is 373. The molecule has 0 spiro atoms. The van der Waals surface area contributed by atoms with Crippen LogP contribution in [0.2, 0.25) is 0 Å². The highest BCUT2D eigenvalue weighted by atomic mass is 35.5. The van der Waals surface area contributed by atoms with Crippen molar-refractivity contribution in [1.29, 1.82) is 0 Å². The van der Waals surface area contributed by atoms with E-state index in [-0.39, 0.29) is 11.9 Å². The number of hydrogen-bond donors (Lipinski definition) is 1. The predicted octanol–water partition coefficient (Wildman–Crippen LogP) is 3.95. The summed E-state index contributed by atoms with van der Waals surface area (Å²) >= 11 is 5.71. The van der Waals surface area contributed by atoms with Crippen molar-refractivity contribution in [3.8, 4) is 0 Å². The Kier molecular flexibility index (Phi) is 6.20. The maximum absolute atomic E-state index is 12.0. The largest absolute Gasteiger partial charge is 0.349 e.